The van der Waals surface area contributed by atoms with Crippen LogP contribution < -0.4 is 0 Å². The Labute approximate surface area is 53.7 Å². The summed E-state index contributed by atoms with van der Waals surface area (Å²) < 4.78 is 0. The Morgan fingerprint density at radius 1 is 1.88 bits per heavy atom. The molecular weight excluding hydrogens is 118 g/mol. The highest BCUT2D eigenvalue weighted by atomic mass is 32.2. The van der Waals surface area contributed by atoms with Crippen LogP contribution in [0.5, 0.6) is 0 Å². The Kier molecular flexibility index (Phi) is 4.10. The van der Waals surface area contributed by atoms with Crippen LogP contribution in [0.1, 0.15) is 6.92 Å². The van der Waals surface area contributed by atoms with E-state index in [-0.39, 0.29) is 0 Å². The minimum atomic E-state index is 1.02. The molecule has 0 rings (SSSR count). The molecule has 0 aromatic heterocycles. The van der Waals surface area contributed by atoms with Crippen molar-refractivity contribution in [2.24, 2.45) is 0 Å². The van der Waals surface area contributed by atoms with Gasteiger partial charge < -0.3 is 0 Å². The molecule has 0 radical (unpaired) electrons. The van der Waals surface area contributed by atoms with Crippen molar-refractivity contribution < 1.29 is 0 Å². The van der Waals surface area contributed by atoms with Crippen LogP contribution in [-0.4, -0.2) is 0 Å². The molecule has 0 fully saturated rings. The van der Waals surface area contributed by atoms with Crippen molar-refractivity contribution in [1.29, 1.82) is 5.26 Å². The molecule has 8 heavy (non-hydrogen) atoms. The predicted octanol–water partition coefficient (Wildman–Crippen LogP) is 2.29. The predicted molar refractivity (Wildman–Crippen MR) is 37.2 cm³/mol. The molecule has 0 N–H and O–H groups in total. The van der Waals surface area contributed by atoms with Gasteiger partial charge in [0.15, 0.2) is 0 Å². The van der Waals surface area contributed by atoms with Crippen molar-refractivity contribution in [3.63, 3.8) is 0 Å². The van der Waals surface area contributed by atoms with Crippen LogP contribution in [0.3, 0.4) is 0 Å². The molecule has 42 valence electrons. The standard InChI is InChI=1S/C6H7NS/c1-3-6(2)4-8-5-7/h3-4H,1H2,2H3/b6-4-. The summed E-state index contributed by atoms with van der Waals surface area (Å²) in [6, 6.07) is 0. The zero-order valence-electron chi connectivity index (χ0n) is 4.72. The van der Waals surface area contributed by atoms with Gasteiger partial charge in [0.1, 0.15) is 5.40 Å². The van der Waals surface area contributed by atoms with E-state index in [1.165, 1.54) is 0 Å². The van der Waals surface area contributed by atoms with Crippen LogP contribution in [0.2, 0.25) is 0 Å². The molecule has 0 amide bonds. The molecule has 0 aliphatic carbocycles. The molecule has 0 aliphatic heterocycles. The van der Waals surface area contributed by atoms with Crippen LogP contribution in [0, 0.1) is 10.7 Å². The summed E-state index contributed by atoms with van der Waals surface area (Å²) in [6.45, 7) is 5.42. The molecule has 0 heterocycles. The van der Waals surface area contributed by atoms with Crippen LogP contribution in [0.4, 0.5) is 0 Å². The van der Waals surface area contributed by atoms with Crippen LogP contribution in [0.15, 0.2) is 23.6 Å². The second kappa shape index (κ2) is 4.48. The van der Waals surface area contributed by atoms with E-state index >= 15 is 0 Å². The van der Waals surface area contributed by atoms with Gasteiger partial charge in [0, 0.05) is 0 Å². The van der Waals surface area contributed by atoms with Gasteiger partial charge in [0.05, 0.1) is 0 Å². The summed E-state index contributed by atoms with van der Waals surface area (Å²) in [7, 11) is 0. The van der Waals surface area contributed by atoms with E-state index in [9.17, 15) is 0 Å². The highest BCUT2D eigenvalue weighted by Crippen LogP contribution is 2.03. The maximum atomic E-state index is 8.04. The monoisotopic (exact) mass is 125 g/mol. The molecule has 0 spiro atoms. The zero-order chi connectivity index (χ0) is 6.41. The lowest BCUT2D eigenvalue weighted by Crippen LogP contribution is -1.58. The third kappa shape index (κ3) is 3.51. The summed E-state index contributed by atoms with van der Waals surface area (Å²) >= 11 is 1.11. The minimum absolute atomic E-state index is 1.02. The van der Waals surface area contributed by atoms with Crippen molar-refractivity contribution in [3.05, 3.63) is 23.6 Å². The molecule has 0 atom stereocenters. The van der Waals surface area contributed by atoms with Gasteiger partial charge in [-0.2, -0.15) is 5.26 Å². The summed E-state index contributed by atoms with van der Waals surface area (Å²) in [5.41, 5.74) is 1.02. The fraction of sp³-hybridized carbons (Fsp3) is 0.167. The van der Waals surface area contributed by atoms with Crippen molar-refractivity contribution in [3.8, 4) is 5.40 Å². The topological polar surface area (TPSA) is 23.8 Å². The third-order valence-corrected chi connectivity index (χ3v) is 1.21. The van der Waals surface area contributed by atoms with Gasteiger partial charge in [-0.25, -0.2) is 0 Å². The molecule has 0 aliphatic rings. The van der Waals surface area contributed by atoms with Gasteiger partial charge in [-0.15, -0.1) is 0 Å². The Bertz CT molecular complexity index is 141. The smallest absolute Gasteiger partial charge is 0.137 e. The van der Waals surface area contributed by atoms with Gasteiger partial charge in [-0.1, -0.05) is 12.7 Å². The first-order valence-corrected chi connectivity index (χ1v) is 3.03. The fourth-order valence-corrected chi connectivity index (χ4v) is 0.502. The Morgan fingerprint density at radius 2 is 2.50 bits per heavy atom. The van der Waals surface area contributed by atoms with Crippen molar-refractivity contribution in [2.45, 2.75) is 6.92 Å². The first-order chi connectivity index (χ1) is 3.81. The fourth-order valence-electron chi connectivity index (χ4n) is 0.167. The summed E-state index contributed by atoms with van der Waals surface area (Å²) in [5, 5.41) is 11.7. The molecule has 0 saturated carbocycles. The zero-order valence-corrected chi connectivity index (χ0v) is 5.53. The van der Waals surface area contributed by atoms with Gasteiger partial charge in [-0.05, 0) is 29.7 Å². The molecule has 0 aromatic rings. The average molecular weight is 125 g/mol. The molecule has 2 heteroatoms. The third-order valence-electron chi connectivity index (χ3n) is 0.619. The number of thiocyanates is 1. The van der Waals surface area contributed by atoms with E-state index in [2.05, 4.69) is 6.58 Å². The maximum absolute atomic E-state index is 8.04. The first kappa shape index (κ1) is 7.32. The van der Waals surface area contributed by atoms with Gasteiger partial charge >= 0.3 is 0 Å². The number of hydrogen-bond donors (Lipinski definition) is 0. The number of hydrogen-bond acceptors (Lipinski definition) is 2. The lowest BCUT2D eigenvalue weighted by Gasteiger charge is -1.81. The minimum Gasteiger partial charge on any atom is -0.185 e. The highest BCUT2D eigenvalue weighted by molar-refractivity contribution is 8.06. The van der Waals surface area contributed by atoms with Crippen LogP contribution in [-0.2, 0) is 0 Å². The normalized spacial score (nSPS) is 10.2. The van der Waals surface area contributed by atoms with E-state index in [4.69, 9.17) is 5.26 Å². The summed E-state index contributed by atoms with van der Waals surface area (Å²) in [6.07, 6.45) is 1.71. The second-order valence-corrected chi connectivity index (χ2v) is 1.93. The number of nitrogens with zero attached hydrogens (tertiary/aromatic N) is 1. The first-order valence-electron chi connectivity index (χ1n) is 2.15. The molecule has 0 aromatic carbocycles. The van der Waals surface area contributed by atoms with Crippen LogP contribution >= 0.6 is 11.8 Å². The largest absolute Gasteiger partial charge is 0.185 e. The molecule has 0 bridgehead atoms. The summed E-state index contributed by atoms with van der Waals surface area (Å²) in [4.78, 5) is 0. The summed E-state index contributed by atoms with van der Waals surface area (Å²) in [5.74, 6) is 0. The van der Waals surface area contributed by atoms with E-state index in [1.807, 2.05) is 12.3 Å². The number of allylic oxidation sites excluding steroid dienone is 2. The van der Waals surface area contributed by atoms with E-state index in [0.717, 1.165) is 17.3 Å². The van der Waals surface area contributed by atoms with E-state index in [1.54, 1.807) is 11.5 Å². The number of nitriles is 1. The van der Waals surface area contributed by atoms with Crippen molar-refractivity contribution in [1.82, 2.24) is 0 Å². The molecule has 0 unspecified atom stereocenters. The quantitative estimate of drug-likeness (QED) is 0.417. The van der Waals surface area contributed by atoms with Gasteiger partial charge in [-0.3, -0.25) is 0 Å². The number of thioether (sulfide) groups is 1. The molecule has 1 nitrogen and oxygen atoms in total. The maximum Gasteiger partial charge on any atom is 0.137 e. The highest BCUT2D eigenvalue weighted by Gasteiger charge is 1.76. The van der Waals surface area contributed by atoms with Crippen molar-refractivity contribution in [2.75, 3.05) is 0 Å². The van der Waals surface area contributed by atoms with Gasteiger partial charge in [0.2, 0.25) is 0 Å². The second-order valence-electron chi connectivity index (χ2n) is 1.28. The molecule has 0 saturated heterocycles. The Hall–Kier alpha value is -0.680. The Morgan fingerprint density at radius 3 is 2.88 bits per heavy atom. The average Bonchev–Trinajstić information content (AvgIpc) is 1.83. The SMILES string of the molecule is C=C/C(C)=C\SC#N. The van der Waals surface area contributed by atoms with E-state index in [0.29, 0.717) is 0 Å². The van der Waals surface area contributed by atoms with E-state index < -0.39 is 0 Å². The van der Waals surface area contributed by atoms with Crippen molar-refractivity contribution >= 4 is 11.8 Å². The Balaban J connectivity index is 3.61. The van der Waals surface area contributed by atoms with Crippen LogP contribution in [0.25, 0.3) is 0 Å². The van der Waals surface area contributed by atoms with Gasteiger partial charge in [0.25, 0.3) is 0 Å². The lowest BCUT2D eigenvalue weighted by molar-refractivity contribution is 1.56. The molecular formula is C6H7NS. The number of rotatable bonds is 2. The lowest BCUT2D eigenvalue weighted by atomic mass is 10.4.